The maximum absolute atomic E-state index is 13.4. The quantitative estimate of drug-likeness (QED) is 0.230. The summed E-state index contributed by atoms with van der Waals surface area (Å²) in [5, 5.41) is 25.0. The Bertz CT molecular complexity index is 890. The first-order valence-corrected chi connectivity index (χ1v) is 17.4. The first-order valence-electron chi connectivity index (χ1n) is 17.4. The Morgan fingerprint density at radius 3 is 2.67 bits per heavy atom. The van der Waals surface area contributed by atoms with Crippen molar-refractivity contribution in [2.75, 3.05) is 65.8 Å². The molecule has 11 heteroatoms. The highest BCUT2D eigenvalue weighted by atomic mass is 16.6. The molecular weight excluding hydrogens is 548 g/mol. The lowest BCUT2D eigenvalue weighted by molar-refractivity contribution is -0.128. The number of fused-ring (bicyclic) bond motifs is 1. The van der Waals surface area contributed by atoms with E-state index in [1.807, 2.05) is 0 Å². The summed E-state index contributed by atoms with van der Waals surface area (Å²) in [6.07, 6.45) is 8.99. The van der Waals surface area contributed by atoms with E-state index in [9.17, 15) is 9.90 Å². The van der Waals surface area contributed by atoms with Gasteiger partial charge in [-0.05, 0) is 76.2 Å². The van der Waals surface area contributed by atoms with Crippen LogP contribution in [0.25, 0.3) is 0 Å². The molecule has 0 radical (unpaired) electrons. The molecule has 2 aliphatic carbocycles. The SMILES string of the molecule is CC1NCOC1COC1CCC2CN(C[C@@H](O)CNC(=O)C3CC(NC4CCC4)NC(N4CCOCC4)C3)CCC2C1C. The third-order valence-corrected chi connectivity index (χ3v) is 11.5. The largest absolute Gasteiger partial charge is 0.390 e. The minimum absolute atomic E-state index is 0.0618. The van der Waals surface area contributed by atoms with E-state index in [0.717, 1.165) is 65.1 Å². The van der Waals surface area contributed by atoms with E-state index < -0.39 is 6.10 Å². The Hall–Kier alpha value is -0.890. The number of nitrogens with zero attached hydrogens (tertiary/aromatic N) is 2. The van der Waals surface area contributed by atoms with Crippen LogP contribution in [0.3, 0.4) is 0 Å². The average Bonchev–Trinajstić information content (AvgIpc) is 3.42. The lowest BCUT2D eigenvalue weighted by Gasteiger charge is -2.47. The lowest BCUT2D eigenvalue weighted by Crippen LogP contribution is -2.63. The van der Waals surface area contributed by atoms with Gasteiger partial charge in [-0.1, -0.05) is 13.3 Å². The van der Waals surface area contributed by atoms with Crippen LogP contribution in [-0.4, -0.2) is 129 Å². The first kappa shape index (κ1) is 32.1. The Morgan fingerprint density at radius 2 is 1.93 bits per heavy atom. The van der Waals surface area contributed by atoms with Crippen LogP contribution >= 0.6 is 0 Å². The van der Waals surface area contributed by atoms with Gasteiger partial charge in [0.1, 0.15) is 0 Å². The van der Waals surface area contributed by atoms with Crippen LogP contribution in [0.2, 0.25) is 0 Å². The van der Waals surface area contributed by atoms with Crippen LogP contribution in [0.4, 0.5) is 0 Å². The van der Waals surface area contributed by atoms with Crippen molar-refractivity contribution in [1.29, 1.82) is 0 Å². The standard InChI is InChI=1S/C32H58N6O5/c1-21-27-8-9-37(17-23(27)6-7-28(21)42-19-29-22(2)34-20-43-29)18-26(39)16-33-32(40)24-14-30(35-25-4-3-5-25)36-31(15-24)38-10-12-41-13-11-38/h21-31,34-36,39H,3-20H2,1-2H3,(H,33,40)/t21?,22?,23?,24?,26-,27?,28?,29?,30?,31?/m0/s1. The van der Waals surface area contributed by atoms with Crippen molar-refractivity contribution < 1.29 is 24.1 Å². The molecule has 10 atom stereocenters. The van der Waals surface area contributed by atoms with E-state index in [4.69, 9.17) is 14.2 Å². The van der Waals surface area contributed by atoms with Crippen molar-refractivity contribution in [2.24, 2.45) is 23.7 Å². The van der Waals surface area contributed by atoms with Crippen LogP contribution < -0.4 is 21.3 Å². The van der Waals surface area contributed by atoms with Crippen LogP contribution in [0.15, 0.2) is 0 Å². The van der Waals surface area contributed by atoms with Crippen LogP contribution in [-0.2, 0) is 19.0 Å². The average molecular weight is 607 g/mol. The van der Waals surface area contributed by atoms with Gasteiger partial charge in [0.2, 0.25) is 5.91 Å². The summed E-state index contributed by atoms with van der Waals surface area (Å²) in [5.41, 5.74) is 0. The minimum atomic E-state index is -0.555. The zero-order valence-corrected chi connectivity index (χ0v) is 26.6. The molecule has 4 aliphatic heterocycles. The number of carbonyl (C=O) groups excluding carboxylic acids is 1. The number of aliphatic hydroxyl groups is 1. The van der Waals surface area contributed by atoms with Crippen LogP contribution in [0, 0.1) is 23.7 Å². The lowest BCUT2D eigenvalue weighted by atomic mass is 9.68. The van der Waals surface area contributed by atoms with E-state index in [1.54, 1.807) is 0 Å². The zero-order chi connectivity index (χ0) is 29.8. The van der Waals surface area contributed by atoms with Gasteiger partial charge in [-0.15, -0.1) is 0 Å². The van der Waals surface area contributed by atoms with Gasteiger partial charge >= 0.3 is 0 Å². The highest BCUT2D eigenvalue weighted by molar-refractivity contribution is 5.78. The molecule has 43 heavy (non-hydrogen) atoms. The van der Waals surface area contributed by atoms with E-state index in [0.29, 0.717) is 62.4 Å². The third-order valence-electron chi connectivity index (χ3n) is 11.5. The topological polar surface area (TPSA) is 120 Å². The molecule has 6 rings (SSSR count). The zero-order valence-electron chi connectivity index (χ0n) is 26.6. The maximum Gasteiger partial charge on any atom is 0.223 e. The predicted molar refractivity (Wildman–Crippen MR) is 164 cm³/mol. The second-order valence-corrected chi connectivity index (χ2v) is 14.4. The molecule has 6 fully saturated rings. The first-order chi connectivity index (χ1) is 20.9. The molecule has 11 nitrogen and oxygen atoms in total. The van der Waals surface area contributed by atoms with E-state index in [-0.39, 0.29) is 30.3 Å². The number of hydrogen-bond donors (Lipinski definition) is 5. The highest BCUT2D eigenvalue weighted by Crippen LogP contribution is 2.41. The molecule has 4 saturated heterocycles. The molecule has 0 bridgehead atoms. The molecule has 6 aliphatic rings. The number of carbonyl (C=O) groups is 1. The molecule has 0 aromatic carbocycles. The van der Waals surface area contributed by atoms with Gasteiger partial charge in [0, 0.05) is 50.7 Å². The Labute approximate surface area is 258 Å². The van der Waals surface area contributed by atoms with Gasteiger partial charge in [0.25, 0.3) is 0 Å². The van der Waals surface area contributed by atoms with Gasteiger partial charge in [-0.25, -0.2) is 0 Å². The number of β-amino-alcohol motifs (C(OH)–C–C–N with tert-alkyl or cyclic N) is 1. The smallest absolute Gasteiger partial charge is 0.223 e. The number of rotatable bonds is 11. The number of ether oxygens (including phenoxy) is 3. The van der Waals surface area contributed by atoms with Gasteiger partial charge in [0.15, 0.2) is 0 Å². The fourth-order valence-electron chi connectivity index (χ4n) is 8.49. The summed E-state index contributed by atoms with van der Waals surface area (Å²) >= 11 is 0. The van der Waals surface area contributed by atoms with Crippen LogP contribution in [0.5, 0.6) is 0 Å². The van der Waals surface area contributed by atoms with Crippen molar-refractivity contribution in [1.82, 2.24) is 31.1 Å². The number of likely N-dealkylation sites (tertiary alicyclic amines) is 1. The van der Waals surface area contributed by atoms with Crippen molar-refractivity contribution in [3.63, 3.8) is 0 Å². The van der Waals surface area contributed by atoms with Gasteiger partial charge < -0.3 is 29.5 Å². The molecule has 0 aromatic rings. The fraction of sp³-hybridized carbons (Fsp3) is 0.969. The highest BCUT2D eigenvalue weighted by Gasteiger charge is 2.41. The van der Waals surface area contributed by atoms with Gasteiger partial charge in [-0.3, -0.25) is 25.6 Å². The van der Waals surface area contributed by atoms with E-state index in [2.05, 4.69) is 44.9 Å². The third kappa shape index (κ3) is 8.29. The second-order valence-electron chi connectivity index (χ2n) is 14.4. The number of piperidine rings is 2. The van der Waals surface area contributed by atoms with Crippen molar-refractivity contribution in [2.45, 2.75) is 108 Å². The number of aliphatic hydroxyl groups excluding tert-OH is 1. The summed E-state index contributed by atoms with van der Waals surface area (Å²) in [7, 11) is 0. The van der Waals surface area contributed by atoms with Crippen molar-refractivity contribution in [3.8, 4) is 0 Å². The summed E-state index contributed by atoms with van der Waals surface area (Å²) in [4.78, 5) is 18.2. The Morgan fingerprint density at radius 1 is 1.09 bits per heavy atom. The molecule has 2 saturated carbocycles. The van der Waals surface area contributed by atoms with E-state index >= 15 is 0 Å². The molecule has 0 spiro atoms. The Balaban J connectivity index is 0.929. The fourth-order valence-corrected chi connectivity index (χ4v) is 8.49. The molecule has 5 N–H and O–H groups in total. The van der Waals surface area contributed by atoms with Crippen molar-refractivity contribution in [3.05, 3.63) is 0 Å². The summed E-state index contributed by atoms with van der Waals surface area (Å²) in [6.45, 7) is 12.1. The molecule has 9 unspecified atom stereocenters. The van der Waals surface area contributed by atoms with E-state index in [1.165, 1.54) is 25.7 Å². The number of nitrogens with one attached hydrogen (secondary N) is 4. The number of hydrogen-bond acceptors (Lipinski definition) is 10. The predicted octanol–water partition coefficient (Wildman–Crippen LogP) is 0.677. The molecule has 4 heterocycles. The summed E-state index contributed by atoms with van der Waals surface area (Å²) in [5.74, 6) is 1.89. The number of morpholine rings is 1. The van der Waals surface area contributed by atoms with Gasteiger partial charge in [0.05, 0.1) is 57.2 Å². The molecule has 1 amide bonds. The van der Waals surface area contributed by atoms with Gasteiger partial charge in [-0.2, -0.15) is 0 Å². The second kappa shape index (κ2) is 15.1. The summed E-state index contributed by atoms with van der Waals surface area (Å²) < 4.78 is 17.7. The molecule has 0 aromatic heterocycles. The number of amides is 1. The molecular formula is C32H58N6O5. The van der Waals surface area contributed by atoms with Crippen LogP contribution in [0.1, 0.15) is 65.2 Å². The normalized spacial score (nSPS) is 40.5. The maximum atomic E-state index is 13.4. The minimum Gasteiger partial charge on any atom is -0.390 e. The molecule has 246 valence electrons. The monoisotopic (exact) mass is 606 g/mol. The van der Waals surface area contributed by atoms with Crippen molar-refractivity contribution >= 4 is 5.91 Å². The Kier molecular flexibility index (Phi) is 11.3. The summed E-state index contributed by atoms with van der Waals surface area (Å²) in [6, 6.07) is 0.915.